The van der Waals surface area contributed by atoms with Gasteiger partial charge in [0.15, 0.2) is 0 Å². The van der Waals surface area contributed by atoms with Crippen LogP contribution in [0.3, 0.4) is 0 Å². The maximum atomic E-state index is 12.7. The molecular weight excluding hydrogens is 288 g/mol. The quantitative estimate of drug-likeness (QED) is 0.534. The predicted octanol–water partition coefficient (Wildman–Crippen LogP) is 4.94. The first-order valence-corrected chi connectivity index (χ1v) is 9.21. The molecule has 1 aliphatic rings. The van der Waals surface area contributed by atoms with E-state index in [1.807, 2.05) is 6.92 Å². The summed E-state index contributed by atoms with van der Waals surface area (Å²) in [6, 6.07) is 0. The van der Waals surface area contributed by atoms with E-state index in [1.54, 1.807) is 0 Å². The Bertz CT molecular complexity index is 409. The van der Waals surface area contributed by atoms with Gasteiger partial charge in [0.25, 0.3) is 0 Å². The molecule has 3 unspecified atom stereocenters. The molecule has 0 fully saturated rings. The number of ketones is 1. The summed E-state index contributed by atoms with van der Waals surface area (Å²) in [5.41, 5.74) is 0. The third-order valence-electron chi connectivity index (χ3n) is 4.74. The second-order valence-electron chi connectivity index (χ2n) is 7.59. The zero-order valence-electron chi connectivity index (χ0n) is 15.5. The fraction of sp³-hybridized carbons (Fsp3) is 0.800. The van der Waals surface area contributed by atoms with E-state index in [2.05, 4.69) is 39.8 Å². The molecular formula is C20H34O3. The van der Waals surface area contributed by atoms with Gasteiger partial charge in [-0.3, -0.25) is 9.59 Å². The van der Waals surface area contributed by atoms with Gasteiger partial charge in [0.2, 0.25) is 0 Å². The van der Waals surface area contributed by atoms with E-state index < -0.39 is 0 Å². The van der Waals surface area contributed by atoms with Crippen LogP contribution in [0, 0.1) is 23.7 Å². The number of carbonyl (C=O) groups excluding carboxylic acids is 2. The molecule has 1 rings (SSSR count). The predicted molar refractivity (Wildman–Crippen MR) is 94.1 cm³/mol. The zero-order valence-corrected chi connectivity index (χ0v) is 15.5. The van der Waals surface area contributed by atoms with Crippen molar-refractivity contribution in [3.63, 3.8) is 0 Å². The van der Waals surface area contributed by atoms with E-state index in [9.17, 15) is 9.59 Å². The molecule has 23 heavy (non-hydrogen) atoms. The summed E-state index contributed by atoms with van der Waals surface area (Å²) in [7, 11) is 0. The van der Waals surface area contributed by atoms with Gasteiger partial charge in [0, 0.05) is 12.8 Å². The van der Waals surface area contributed by atoms with Crippen LogP contribution in [0.2, 0.25) is 0 Å². The summed E-state index contributed by atoms with van der Waals surface area (Å²) < 4.78 is 5.70. The molecule has 1 aliphatic heterocycles. The van der Waals surface area contributed by atoms with Crippen molar-refractivity contribution >= 4 is 11.8 Å². The van der Waals surface area contributed by atoms with Crippen molar-refractivity contribution in [1.82, 2.24) is 0 Å². The van der Waals surface area contributed by atoms with E-state index in [-0.39, 0.29) is 29.8 Å². The molecule has 3 nitrogen and oxygen atoms in total. The van der Waals surface area contributed by atoms with Gasteiger partial charge < -0.3 is 4.74 Å². The molecule has 132 valence electrons. The third kappa shape index (κ3) is 6.88. The zero-order chi connectivity index (χ0) is 17.4. The minimum Gasteiger partial charge on any atom is -0.462 e. The summed E-state index contributed by atoms with van der Waals surface area (Å²) in [5, 5.41) is 0. The Morgan fingerprint density at radius 2 is 1.70 bits per heavy atom. The van der Waals surface area contributed by atoms with Crippen molar-refractivity contribution in [1.29, 1.82) is 0 Å². The highest BCUT2D eigenvalue weighted by atomic mass is 16.5. The van der Waals surface area contributed by atoms with Gasteiger partial charge in [0.05, 0.1) is 12.0 Å². The standard InChI is InChI=1S/C20H34O3/c1-14(2)18-13-8-6-7-11-17(21)12-9-10-16(5)23-20(22)19(18)15(3)4/h8,13-16,18-19H,6-7,9-12H2,1-5H3/b13-8+. The molecule has 0 radical (unpaired) electrons. The molecule has 3 atom stereocenters. The Kier molecular flexibility index (Phi) is 8.57. The van der Waals surface area contributed by atoms with Crippen molar-refractivity contribution in [3.8, 4) is 0 Å². The summed E-state index contributed by atoms with van der Waals surface area (Å²) in [6.45, 7) is 10.5. The molecule has 0 aliphatic carbocycles. The minimum atomic E-state index is -0.115. The summed E-state index contributed by atoms with van der Waals surface area (Å²) in [6.07, 6.45) is 8.88. The summed E-state index contributed by atoms with van der Waals surface area (Å²) in [4.78, 5) is 24.5. The number of carbonyl (C=O) groups is 2. The van der Waals surface area contributed by atoms with Gasteiger partial charge in [-0.05, 0) is 50.4 Å². The van der Waals surface area contributed by atoms with E-state index in [0.29, 0.717) is 24.5 Å². The van der Waals surface area contributed by atoms with Crippen LogP contribution in [0.15, 0.2) is 12.2 Å². The fourth-order valence-corrected chi connectivity index (χ4v) is 3.35. The molecule has 0 N–H and O–H groups in total. The number of hydrogen-bond acceptors (Lipinski definition) is 3. The van der Waals surface area contributed by atoms with Gasteiger partial charge in [-0.1, -0.05) is 39.8 Å². The second kappa shape index (κ2) is 9.89. The summed E-state index contributed by atoms with van der Waals surface area (Å²) in [5.74, 6) is 0.970. The lowest BCUT2D eigenvalue weighted by Crippen LogP contribution is -2.34. The van der Waals surface area contributed by atoms with Crippen LogP contribution in [-0.2, 0) is 14.3 Å². The SMILES string of the molecule is CC1CCCC(=O)CCC/C=C/C(C(C)C)C(C(C)C)C(=O)O1. The molecule has 3 heteroatoms. The van der Waals surface area contributed by atoms with E-state index >= 15 is 0 Å². The maximum absolute atomic E-state index is 12.7. The van der Waals surface area contributed by atoms with Crippen LogP contribution in [-0.4, -0.2) is 17.9 Å². The lowest BCUT2D eigenvalue weighted by atomic mass is 9.77. The number of ether oxygens (including phenoxy) is 1. The van der Waals surface area contributed by atoms with E-state index in [0.717, 1.165) is 25.7 Å². The highest BCUT2D eigenvalue weighted by Crippen LogP contribution is 2.31. The van der Waals surface area contributed by atoms with Crippen molar-refractivity contribution in [3.05, 3.63) is 12.2 Å². The lowest BCUT2D eigenvalue weighted by molar-refractivity contribution is -0.157. The molecule has 0 spiro atoms. The van der Waals surface area contributed by atoms with Crippen LogP contribution < -0.4 is 0 Å². The van der Waals surface area contributed by atoms with Crippen molar-refractivity contribution < 1.29 is 14.3 Å². The topological polar surface area (TPSA) is 43.4 Å². The Morgan fingerprint density at radius 1 is 1.04 bits per heavy atom. The Balaban J connectivity index is 2.95. The number of cyclic esters (lactones) is 1. The highest BCUT2D eigenvalue weighted by molar-refractivity contribution is 5.78. The number of rotatable bonds is 2. The smallest absolute Gasteiger partial charge is 0.310 e. The normalized spacial score (nSPS) is 30.1. The average molecular weight is 322 g/mol. The molecule has 0 saturated carbocycles. The van der Waals surface area contributed by atoms with Crippen LogP contribution in [0.1, 0.15) is 73.1 Å². The second-order valence-corrected chi connectivity index (χ2v) is 7.59. The molecule has 1 heterocycles. The number of Topliss-reactive ketones (excluding diaryl/α,β-unsaturated/α-hetero) is 1. The largest absolute Gasteiger partial charge is 0.462 e. The van der Waals surface area contributed by atoms with Crippen LogP contribution in [0.5, 0.6) is 0 Å². The van der Waals surface area contributed by atoms with Gasteiger partial charge in [-0.25, -0.2) is 0 Å². The van der Waals surface area contributed by atoms with Gasteiger partial charge in [-0.15, -0.1) is 0 Å². The first-order valence-electron chi connectivity index (χ1n) is 9.21. The number of esters is 1. The first kappa shape index (κ1) is 19.9. The molecule has 0 amide bonds. The Labute approximate surface area is 141 Å². The van der Waals surface area contributed by atoms with Crippen molar-refractivity contribution in [2.45, 2.75) is 79.2 Å². The van der Waals surface area contributed by atoms with Crippen molar-refractivity contribution in [2.75, 3.05) is 0 Å². The number of hydrogen-bond donors (Lipinski definition) is 0. The third-order valence-corrected chi connectivity index (χ3v) is 4.74. The van der Waals surface area contributed by atoms with Crippen LogP contribution in [0.4, 0.5) is 0 Å². The van der Waals surface area contributed by atoms with Crippen LogP contribution in [0.25, 0.3) is 0 Å². The van der Waals surface area contributed by atoms with Gasteiger partial charge >= 0.3 is 5.97 Å². The van der Waals surface area contributed by atoms with Gasteiger partial charge in [0.1, 0.15) is 5.78 Å². The molecule has 0 bridgehead atoms. The molecule has 0 saturated heterocycles. The first-order chi connectivity index (χ1) is 10.8. The molecule has 0 aromatic heterocycles. The highest BCUT2D eigenvalue weighted by Gasteiger charge is 2.33. The molecule has 0 aromatic carbocycles. The van der Waals surface area contributed by atoms with Gasteiger partial charge in [-0.2, -0.15) is 0 Å². The lowest BCUT2D eigenvalue weighted by Gasteiger charge is -2.30. The summed E-state index contributed by atoms with van der Waals surface area (Å²) >= 11 is 0. The number of allylic oxidation sites excluding steroid dienone is 2. The Hall–Kier alpha value is -1.12. The van der Waals surface area contributed by atoms with Crippen LogP contribution >= 0.6 is 0 Å². The average Bonchev–Trinajstić information content (AvgIpc) is 2.43. The fourth-order valence-electron chi connectivity index (χ4n) is 3.35. The van der Waals surface area contributed by atoms with E-state index in [1.165, 1.54) is 0 Å². The minimum absolute atomic E-state index is 0.0840. The Morgan fingerprint density at radius 3 is 2.30 bits per heavy atom. The monoisotopic (exact) mass is 322 g/mol. The van der Waals surface area contributed by atoms with Crippen molar-refractivity contribution in [2.24, 2.45) is 23.7 Å². The maximum Gasteiger partial charge on any atom is 0.310 e. The van der Waals surface area contributed by atoms with E-state index in [4.69, 9.17) is 4.74 Å². The molecule has 0 aromatic rings.